The highest BCUT2D eigenvalue weighted by molar-refractivity contribution is 6.88. The second-order valence-electron chi connectivity index (χ2n) is 8.05. The van der Waals surface area contributed by atoms with Gasteiger partial charge >= 0.3 is 0 Å². The molecular weight excluding hydrogens is 346 g/mol. The minimum Gasteiger partial charge on any atom is -0.277 e. The van der Waals surface area contributed by atoms with Crippen molar-refractivity contribution in [3.63, 3.8) is 0 Å². The van der Waals surface area contributed by atoms with Crippen molar-refractivity contribution in [1.29, 1.82) is 0 Å². The first-order valence-electron chi connectivity index (χ1n) is 9.28. The minimum atomic E-state index is -1.36. The van der Waals surface area contributed by atoms with E-state index < -0.39 is 8.07 Å². The van der Waals surface area contributed by atoms with E-state index in [9.17, 15) is 0 Å². The first-order valence-corrected chi connectivity index (χ1v) is 12.8. The number of para-hydroxylation sites is 1. The Hall–Kier alpha value is -2.98. The Bertz CT molecular complexity index is 1260. The highest BCUT2D eigenvalue weighted by Gasteiger charge is 2.19. The minimum absolute atomic E-state index is 0.944. The number of benzene rings is 2. The molecule has 0 saturated heterocycles. The van der Waals surface area contributed by atoms with E-state index >= 15 is 0 Å². The molecule has 4 heteroatoms. The van der Waals surface area contributed by atoms with Crippen molar-refractivity contribution >= 4 is 46.0 Å². The quantitative estimate of drug-likeness (QED) is 0.398. The molecule has 132 valence electrons. The van der Waals surface area contributed by atoms with Gasteiger partial charge in [-0.15, -0.1) is 0 Å². The Morgan fingerprint density at radius 1 is 0.741 bits per heavy atom. The molecule has 0 aliphatic rings. The van der Waals surface area contributed by atoms with Gasteiger partial charge in [0, 0.05) is 28.6 Å². The molecule has 5 aromatic rings. The van der Waals surface area contributed by atoms with E-state index in [1.165, 1.54) is 16.0 Å². The number of hydrogen-bond acceptors (Lipinski definition) is 2. The smallest absolute Gasteiger partial charge is 0.146 e. The molecule has 0 saturated carbocycles. The summed E-state index contributed by atoms with van der Waals surface area (Å²) in [5, 5.41) is 6.23. The van der Waals surface area contributed by atoms with Crippen LogP contribution in [0.1, 0.15) is 0 Å². The molecule has 0 amide bonds. The molecule has 0 bridgehead atoms. The molecule has 0 unspecified atom stereocenters. The third-order valence-corrected chi connectivity index (χ3v) is 7.30. The Morgan fingerprint density at radius 3 is 2.41 bits per heavy atom. The standard InChI is InChI=1S/C23H21N3Si/c1-27(2,3)17-10-11-18-16(15-17)12-14-25-22(18)26-21-9-5-4-7-19(21)20-8-6-13-24-23(20)26/h4-15H,1-3H3. The summed E-state index contributed by atoms with van der Waals surface area (Å²) in [5.41, 5.74) is 2.09. The van der Waals surface area contributed by atoms with Crippen LogP contribution in [0.5, 0.6) is 0 Å². The number of aromatic nitrogens is 3. The van der Waals surface area contributed by atoms with E-state index in [1.54, 1.807) is 0 Å². The lowest BCUT2D eigenvalue weighted by molar-refractivity contribution is 1.07. The Morgan fingerprint density at radius 2 is 1.56 bits per heavy atom. The number of fused-ring (bicyclic) bond motifs is 4. The SMILES string of the molecule is C[Si](C)(C)c1ccc2c(-n3c4ccccc4c4cccnc43)nccc2c1. The van der Waals surface area contributed by atoms with Gasteiger partial charge in [-0.3, -0.25) is 4.57 Å². The van der Waals surface area contributed by atoms with Gasteiger partial charge in [0.15, 0.2) is 0 Å². The zero-order chi connectivity index (χ0) is 18.6. The maximum absolute atomic E-state index is 4.78. The monoisotopic (exact) mass is 367 g/mol. The lowest BCUT2D eigenvalue weighted by Gasteiger charge is -2.18. The van der Waals surface area contributed by atoms with Gasteiger partial charge in [0.1, 0.15) is 11.5 Å². The summed E-state index contributed by atoms with van der Waals surface area (Å²) in [5.74, 6) is 0.944. The van der Waals surface area contributed by atoms with E-state index in [-0.39, 0.29) is 0 Å². The van der Waals surface area contributed by atoms with Crippen LogP contribution in [0.25, 0.3) is 38.5 Å². The topological polar surface area (TPSA) is 30.7 Å². The lowest BCUT2D eigenvalue weighted by atomic mass is 10.1. The molecule has 0 N–H and O–H groups in total. The van der Waals surface area contributed by atoms with E-state index in [0.29, 0.717) is 0 Å². The molecule has 0 spiro atoms. The summed E-state index contributed by atoms with van der Waals surface area (Å²) in [4.78, 5) is 9.46. The summed E-state index contributed by atoms with van der Waals surface area (Å²) in [6.07, 6.45) is 3.77. The van der Waals surface area contributed by atoms with E-state index in [1.807, 2.05) is 18.5 Å². The van der Waals surface area contributed by atoms with Crippen molar-refractivity contribution in [2.45, 2.75) is 19.6 Å². The van der Waals surface area contributed by atoms with Gasteiger partial charge in [0.05, 0.1) is 13.6 Å². The van der Waals surface area contributed by atoms with Crippen molar-refractivity contribution < 1.29 is 0 Å². The summed E-state index contributed by atoms with van der Waals surface area (Å²) >= 11 is 0. The van der Waals surface area contributed by atoms with Crippen LogP contribution in [0.15, 0.2) is 73.1 Å². The summed E-state index contributed by atoms with van der Waals surface area (Å²) < 4.78 is 2.20. The average molecular weight is 368 g/mol. The first-order chi connectivity index (χ1) is 13.0. The lowest BCUT2D eigenvalue weighted by Crippen LogP contribution is -2.37. The van der Waals surface area contributed by atoms with Crippen LogP contribution in [-0.4, -0.2) is 22.6 Å². The van der Waals surface area contributed by atoms with E-state index in [4.69, 9.17) is 4.98 Å². The molecule has 0 atom stereocenters. The molecule has 0 aliphatic heterocycles. The average Bonchev–Trinajstić information content (AvgIpc) is 3.01. The van der Waals surface area contributed by atoms with Gasteiger partial charge in [-0.25, -0.2) is 9.97 Å². The van der Waals surface area contributed by atoms with Crippen LogP contribution in [0.2, 0.25) is 19.6 Å². The molecular formula is C23H21N3Si. The van der Waals surface area contributed by atoms with Crippen molar-refractivity contribution in [1.82, 2.24) is 14.5 Å². The number of nitrogens with zero attached hydrogens (tertiary/aromatic N) is 3. The molecule has 0 fully saturated rings. The maximum Gasteiger partial charge on any atom is 0.146 e. The number of hydrogen-bond donors (Lipinski definition) is 0. The Balaban J connectivity index is 1.89. The molecule has 2 aromatic carbocycles. The van der Waals surface area contributed by atoms with Crippen LogP contribution in [0.3, 0.4) is 0 Å². The molecule has 3 aromatic heterocycles. The fraction of sp³-hybridized carbons (Fsp3) is 0.130. The fourth-order valence-electron chi connectivity index (χ4n) is 3.82. The molecule has 3 nitrogen and oxygen atoms in total. The Kier molecular flexibility index (Phi) is 3.46. The van der Waals surface area contributed by atoms with Crippen molar-refractivity contribution in [3.8, 4) is 5.82 Å². The van der Waals surface area contributed by atoms with E-state index in [0.717, 1.165) is 27.8 Å². The van der Waals surface area contributed by atoms with Crippen LogP contribution in [0.4, 0.5) is 0 Å². The van der Waals surface area contributed by atoms with Crippen LogP contribution < -0.4 is 5.19 Å². The van der Waals surface area contributed by atoms with Crippen LogP contribution >= 0.6 is 0 Å². The van der Waals surface area contributed by atoms with Gasteiger partial charge in [-0.2, -0.15) is 0 Å². The highest BCUT2D eigenvalue weighted by atomic mass is 28.3. The third-order valence-electron chi connectivity index (χ3n) is 5.25. The van der Waals surface area contributed by atoms with Gasteiger partial charge in [-0.05, 0) is 29.7 Å². The summed E-state index contributed by atoms with van der Waals surface area (Å²) in [6, 6.07) is 21.6. The number of rotatable bonds is 2. The first kappa shape index (κ1) is 16.2. The maximum atomic E-state index is 4.78. The zero-order valence-electron chi connectivity index (χ0n) is 15.8. The van der Waals surface area contributed by atoms with Crippen LogP contribution in [0, 0.1) is 0 Å². The largest absolute Gasteiger partial charge is 0.277 e. The Labute approximate surface area is 159 Å². The van der Waals surface area contributed by atoms with E-state index in [2.05, 4.69) is 83.8 Å². The van der Waals surface area contributed by atoms with Crippen molar-refractivity contribution in [3.05, 3.63) is 73.1 Å². The van der Waals surface area contributed by atoms with Gasteiger partial charge < -0.3 is 0 Å². The number of pyridine rings is 2. The predicted molar refractivity (Wildman–Crippen MR) is 117 cm³/mol. The van der Waals surface area contributed by atoms with Crippen LogP contribution in [-0.2, 0) is 0 Å². The zero-order valence-corrected chi connectivity index (χ0v) is 16.8. The van der Waals surface area contributed by atoms with Gasteiger partial charge in [-0.1, -0.05) is 61.2 Å². The molecule has 0 radical (unpaired) electrons. The van der Waals surface area contributed by atoms with Gasteiger partial charge in [0.2, 0.25) is 0 Å². The molecule has 5 rings (SSSR count). The van der Waals surface area contributed by atoms with Gasteiger partial charge in [0.25, 0.3) is 0 Å². The normalized spacial score (nSPS) is 12.3. The van der Waals surface area contributed by atoms with Crippen molar-refractivity contribution in [2.75, 3.05) is 0 Å². The predicted octanol–water partition coefficient (Wildman–Crippen LogP) is 5.27. The molecule has 27 heavy (non-hydrogen) atoms. The molecule has 3 heterocycles. The second kappa shape index (κ2) is 5.76. The third kappa shape index (κ3) is 2.48. The molecule has 0 aliphatic carbocycles. The highest BCUT2D eigenvalue weighted by Crippen LogP contribution is 2.32. The summed E-state index contributed by atoms with van der Waals surface area (Å²) in [7, 11) is -1.36. The summed E-state index contributed by atoms with van der Waals surface area (Å²) in [6.45, 7) is 7.15. The van der Waals surface area contributed by atoms with Crippen molar-refractivity contribution in [2.24, 2.45) is 0 Å². The fourth-order valence-corrected chi connectivity index (χ4v) is 4.99. The second-order valence-corrected chi connectivity index (χ2v) is 13.1.